The summed E-state index contributed by atoms with van der Waals surface area (Å²) in [6.45, 7) is 2.38. The Morgan fingerprint density at radius 2 is 2.28 bits per heavy atom. The number of piperidine rings is 1. The number of aromatic nitrogens is 2. The summed E-state index contributed by atoms with van der Waals surface area (Å²) in [5.41, 5.74) is 1.08. The number of hydrogen-bond acceptors (Lipinski definition) is 4. The van der Waals surface area contributed by atoms with Gasteiger partial charge in [0.15, 0.2) is 0 Å². The van der Waals surface area contributed by atoms with Gasteiger partial charge in [0.2, 0.25) is 11.8 Å². The average molecular weight is 342 g/mol. The van der Waals surface area contributed by atoms with Crippen molar-refractivity contribution in [3.8, 4) is 0 Å². The first-order valence-electron chi connectivity index (χ1n) is 8.79. The first kappa shape index (κ1) is 15.9. The molecule has 2 aliphatic rings. The van der Waals surface area contributed by atoms with Crippen molar-refractivity contribution in [1.82, 2.24) is 20.0 Å². The van der Waals surface area contributed by atoms with Crippen molar-refractivity contribution < 1.29 is 14.0 Å². The number of H-pyrrole nitrogens is 1. The summed E-state index contributed by atoms with van der Waals surface area (Å²) < 4.78 is 5.31. The summed E-state index contributed by atoms with van der Waals surface area (Å²) in [6, 6.07) is 5.63. The number of nitrogens with zero attached hydrogens (tertiary/aromatic N) is 3. The molecule has 0 saturated carbocycles. The van der Waals surface area contributed by atoms with E-state index in [0.29, 0.717) is 32.0 Å². The van der Waals surface area contributed by atoms with E-state index >= 15 is 0 Å². The van der Waals surface area contributed by atoms with Crippen LogP contribution in [0, 0.1) is 5.92 Å². The number of aromatic amines is 1. The number of hydrogen-bond donors (Lipinski definition) is 1. The molecule has 2 atom stereocenters. The molecule has 7 nitrogen and oxygen atoms in total. The maximum Gasteiger partial charge on any atom is 0.228 e. The molecule has 2 amide bonds. The molecule has 2 aliphatic heterocycles. The Labute approximate surface area is 146 Å². The SMILES string of the molecule is O=C1C[C@@H](C(=O)N2CCC[C@H](c3ccn[nH]3)C2)CN1Cc1ccco1. The number of amides is 2. The summed E-state index contributed by atoms with van der Waals surface area (Å²) in [7, 11) is 0. The number of furan rings is 1. The minimum Gasteiger partial charge on any atom is -0.467 e. The zero-order chi connectivity index (χ0) is 17.2. The highest BCUT2D eigenvalue weighted by molar-refractivity contribution is 5.89. The predicted molar refractivity (Wildman–Crippen MR) is 89.4 cm³/mol. The standard InChI is InChI=1S/C18H22N4O3/c23-17-9-14(11-22(17)12-15-4-2-8-25-15)18(24)21-7-1-3-13(10-21)16-5-6-19-20-16/h2,4-6,8,13-14H,1,3,7,9-12H2,(H,19,20)/t13-,14+/m0/s1. The van der Waals surface area contributed by atoms with Crippen LogP contribution in [-0.2, 0) is 16.1 Å². The van der Waals surface area contributed by atoms with Gasteiger partial charge in [-0.2, -0.15) is 5.10 Å². The van der Waals surface area contributed by atoms with Crippen LogP contribution in [-0.4, -0.2) is 51.4 Å². The van der Waals surface area contributed by atoms with Gasteiger partial charge in [0.05, 0.1) is 18.7 Å². The van der Waals surface area contributed by atoms with Gasteiger partial charge in [-0.05, 0) is 31.0 Å². The van der Waals surface area contributed by atoms with Gasteiger partial charge < -0.3 is 14.2 Å². The van der Waals surface area contributed by atoms with E-state index in [1.807, 2.05) is 23.1 Å². The summed E-state index contributed by atoms with van der Waals surface area (Å²) >= 11 is 0. The largest absolute Gasteiger partial charge is 0.467 e. The van der Waals surface area contributed by atoms with Crippen molar-refractivity contribution in [2.45, 2.75) is 31.7 Å². The minimum absolute atomic E-state index is 0.0249. The quantitative estimate of drug-likeness (QED) is 0.918. The van der Waals surface area contributed by atoms with Gasteiger partial charge in [0, 0.05) is 43.9 Å². The molecule has 0 radical (unpaired) electrons. The van der Waals surface area contributed by atoms with Gasteiger partial charge in [-0.1, -0.05) is 0 Å². The molecule has 2 fully saturated rings. The highest BCUT2D eigenvalue weighted by Gasteiger charge is 2.38. The van der Waals surface area contributed by atoms with Crippen LogP contribution in [0.5, 0.6) is 0 Å². The zero-order valence-corrected chi connectivity index (χ0v) is 14.1. The Balaban J connectivity index is 1.38. The Bertz CT molecular complexity index is 726. The Morgan fingerprint density at radius 1 is 1.36 bits per heavy atom. The third kappa shape index (κ3) is 3.31. The second-order valence-corrected chi connectivity index (χ2v) is 6.89. The van der Waals surface area contributed by atoms with Crippen LogP contribution < -0.4 is 0 Å². The molecular weight excluding hydrogens is 320 g/mol. The van der Waals surface area contributed by atoms with Gasteiger partial charge in [-0.15, -0.1) is 0 Å². The highest BCUT2D eigenvalue weighted by Crippen LogP contribution is 2.28. The first-order valence-corrected chi connectivity index (χ1v) is 8.79. The van der Waals surface area contributed by atoms with Crippen LogP contribution in [0.15, 0.2) is 35.1 Å². The third-order valence-corrected chi connectivity index (χ3v) is 5.19. The van der Waals surface area contributed by atoms with Crippen molar-refractivity contribution >= 4 is 11.8 Å². The molecule has 2 aromatic rings. The van der Waals surface area contributed by atoms with Crippen molar-refractivity contribution in [3.05, 3.63) is 42.1 Å². The summed E-state index contributed by atoms with van der Waals surface area (Å²) in [5, 5.41) is 7.03. The molecule has 0 bridgehead atoms. The van der Waals surface area contributed by atoms with E-state index < -0.39 is 0 Å². The van der Waals surface area contributed by atoms with Crippen LogP contribution >= 0.6 is 0 Å². The normalized spacial score (nSPS) is 24.1. The monoisotopic (exact) mass is 342 g/mol. The van der Waals surface area contributed by atoms with Crippen molar-refractivity contribution in [1.29, 1.82) is 0 Å². The lowest BCUT2D eigenvalue weighted by atomic mass is 9.93. The molecule has 4 rings (SSSR count). The second-order valence-electron chi connectivity index (χ2n) is 6.89. The number of nitrogens with one attached hydrogen (secondary N) is 1. The van der Waals surface area contributed by atoms with Gasteiger partial charge >= 0.3 is 0 Å². The zero-order valence-electron chi connectivity index (χ0n) is 14.1. The Kier molecular flexibility index (Phi) is 4.29. The lowest BCUT2D eigenvalue weighted by Crippen LogP contribution is -2.43. The maximum atomic E-state index is 12.9. The van der Waals surface area contributed by atoms with Gasteiger partial charge in [-0.25, -0.2) is 0 Å². The van der Waals surface area contributed by atoms with E-state index in [1.165, 1.54) is 0 Å². The summed E-state index contributed by atoms with van der Waals surface area (Å²) in [5.74, 6) is 0.926. The molecule has 7 heteroatoms. The molecule has 0 aromatic carbocycles. The van der Waals surface area contributed by atoms with Crippen molar-refractivity contribution in [2.24, 2.45) is 5.92 Å². The fraction of sp³-hybridized carbons (Fsp3) is 0.500. The first-order chi connectivity index (χ1) is 12.2. The highest BCUT2D eigenvalue weighted by atomic mass is 16.3. The molecule has 0 unspecified atom stereocenters. The molecule has 1 N–H and O–H groups in total. The molecule has 132 valence electrons. The van der Waals surface area contributed by atoms with Crippen LogP contribution in [0.2, 0.25) is 0 Å². The van der Waals surface area contributed by atoms with E-state index in [-0.39, 0.29) is 17.7 Å². The van der Waals surface area contributed by atoms with E-state index in [1.54, 1.807) is 17.4 Å². The van der Waals surface area contributed by atoms with Crippen molar-refractivity contribution in [2.75, 3.05) is 19.6 Å². The van der Waals surface area contributed by atoms with E-state index in [4.69, 9.17) is 4.42 Å². The minimum atomic E-state index is -0.247. The molecule has 0 spiro atoms. The fourth-order valence-corrected chi connectivity index (χ4v) is 3.86. The molecular formula is C18H22N4O3. The van der Waals surface area contributed by atoms with Crippen LogP contribution in [0.25, 0.3) is 0 Å². The molecule has 0 aliphatic carbocycles. The summed E-state index contributed by atoms with van der Waals surface area (Å²) in [6.07, 6.45) is 5.68. The van der Waals surface area contributed by atoms with Gasteiger partial charge in [0.1, 0.15) is 5.76 Å². The smallest absolute Gasteiger partial charge is 0.228 e. The molecule has 25 heavy (non-hydrogen) atoms. The van der Waals surface area contributed by atoms with Crippen LogP contribution in [0.1, 0.15) is 36.6 Å². The second kappa shape index (κ2) is 6.74. The van der Waals surface area contributed by atoms with E-state index in [2.05, 4.69) is 10.2 Å². The number of carbonyl (C=O) groups excluding carboxylic acids is 2. The van der Waals surface area contributed by atoms with Gasteiger partial charge in [0.25, 0.3) is 0 Å². The van der Waals surface area contributed by atoms with Crippen LogP contribution in [0.3, 0.4) is 0 Å². The molecule has 2 aromatic heterocycles. The lowest BCUT2D eigenvalue weighted by molar-refractivity contribution is -0.137. The summed E-state index contributed by atoms with van der Waals surface area (Å²) in [4.78, 5) is 28.8. The number of likely N-dealkylation sites (tertiary alicyclic amines) is 2. The molecule has 4 heterocycles. The topological polar surface area (TPSA) is 82.4 Å². The molecule has 2 saturated heterocycles. The Morgan fingerprint density at radius 3 is 3.04 bits per heavy atom. The maximum absolute atomic E-state index is 12.9. The Hall–Kier alpha value is -2.57. The fourth-order valence-electron chi connectivity index (χ4n) is 3.86. The predicted octanol–water partition coefficient (Wildman–Crippen LogP) is 1.76. The third-order valence-electron chi connectivity index (χ3n) is 5.19. The number of rotatable bonds is 4. The van der Waals surface area contributed by atoms with E-state index in [0.717, 1.165) is 30.8 Å². The average Bonchev–Trinajstić information content (AvgIpc) is 3.38. The number of carbonyl (C=O) groups is 2. The van der Waals surface area contributed by atoms with Gasteiger partial charge in [-0.3, -0.25) is 14.7 Å². The van der Waals surface area contributed by atoms with Crippen LogP contribution in [0.4, 0.5) is 0 Å². The van der Waals surface area contributed by atoms with E-state index in [9.17, 15) is 9.59 Å². The van der Waals surface area contributed by atoms with Crippen molar-refractivity contribution in [3.63, 3.8) is 0 Å². The lowest BCUT2D eigenvalue weighted by Gasteiger charge is -2.33.